The molecule has 1 unspecified atom stereocenters. The third-order valence-corrected chi connectivity index (χ3v) is 3.44. The van der Waals surface area contributed by atoms with Crippen LogP contribution in [0.1, 0.15) is 13.3 Å². The lowest BCUT2D eigenvalue weighted by molar-refractivity contribution is -0.390. The predicted octanol–water partition coefficient (Wildman–Crippen LogP) is 3.98. The number of thioether (sulfide) groups is 1. The van der Waals surface area contributed by atoms with E-state index < -0.39 is 22.2 Å². The Kier molecular flexibility index (Phi) is 5.14. The summed E-state index contributed by atoms with van der Waals surface area (Å²) in [6.07, 6.45) is 0.599. The van der Waals surface area contributed by atoms with Crippen LogP contribution in [-0.4, -0.2) is 16.1 Å². The predicted molar refractivity (Wildman–Crippen MR) is 63.7 cm³/mol. The highest BCUT2D eigenvalue weighted by Crippen LogP contribution is 2.35. The standard InChI is InChI=1S/C10H10ClF2NO2S/c1-6(2-3-11)17-9-5-7(12)4-8(13)10(9)14(15)16/h4-6H,2-3H2,1H3. The molecule has 0 saturated heterocycles. The van der Waals surface area contributed by atoms with E-state index in [0.29, 0.717) is 18.4 Å². The van der Waals surface area contributed by atoms with E-state index in [0.717, 1.165) is 17.8 Å². The van der Waals surface area contributed by atoms with Crippen LogP contribution in [0.2, 0.25) is 0 Å². The molecule has 0 amide bonds. The van der Waals surface area contributed by atoms with Gasteiger partial charge in [0, 0.05) is 17.2 Å². The Hall–Kier alpha value is -0.880. The van der Waals surface area contributed by atoms with Crippen LogP contribution in [0.25, 0.3) is 0 Å². The molecule has 0 aliphatic carbocycles. The second-order valence-corrected chi connectivity index (χ2v) is 5.26. The molecule has 17 heavy (non-hydrogen) atoms. The van der Waals surface area contributed by atoms with E-state index >= 15 is 0 Å². The fraction of sp³-hybridized carbons (Fsp3) is 0.400. The van der Waals surface area contributed by atoms with Gasteiger partial charge in [-0.25, -0.2) is 4.39 Å². The molecule has 7 heteroatoms. The SMILES string of the molecule is CC(CCCl)Sc1cc(F)cc(F)c1[N+](=O)[O-]. The molecule has 0 spiro atoms. The Morgan fingerprint density at radius 1 is 1.53 bits per heavy atom. The Morgan fingerprint density at radius 3 is 2.71 bits per heavy atom. The van der Waals surface area contributed by atoms with Gasteiger partial charge in [0.1, 0.15) is 5.82 Å². The maximum Gasteiger partial charge on any atom is 0.318 e. The molecule has 94 valence electrons. The number of nitro groups is 1. The minimum absolute atomic E-state index is 0.00915. The van der Waals surface area contributed by atoms with Gasteiger partial charge in [-0.15, -0.1) is 23.4 Å². The summed E-state index contributed by atoms with van der Waals surface area (Å²) < 4.78 is 26.3. The number of alkyl halides is 1. The summed E-state index contributed by atoms with van der Waals surface area (Å²) in [4.78, 5) is 9.85. The maximum atomic E-state index is 13.3. The second-order valence-electron chi connectivity index (χ2n) is 3.40. The molecule has 0 aliphatic rings. The van der Waals surface area contributed by atoms with Gasteiger partial charge in [0.2, 0.25) is 5.82 Å². The number of hydrogen-bond acceptors (Lipinski definition) is 3. The topological polar surface area (TPSA) is 43.1 Å². The van der Waals surface area contributed by atoms with Crippen LogP contribution in [0.4, 0.5) is 14.5 Å². The van der Waals surface area contributed by atoms with Gasteiger partial charge in [-0.2, -0.15) is 4.39 Å². The lowest BCUT2D eigenvalue weighted by Gasteiger charge is -2.09. The van der Waals surface area contributed by atoms with Crippen molar-refractivity contribution < 1.29 is 13.7 Å². The first-order valence-electron chi connectivity index (χ1n) is 4.81. The van der Waals surface area contributed by atoms with Crippen LogP contribution >= 0.6 is 23.4 Å². The van der Waals surface area contributed by atoms with Crippen molar-refractivity contribution >= 4 is 29.1 Å². The molecule has 0 aliphatic heterocycles. The zero-order chi connectivity index (χ0) is 13.0. The van der Waals surface area contributed by atoms with Gasteiger partial charge in [-0.1, -0.05) is 6.92 Å². The van der Waals surface area contributed by atoms with Gasteiger partial charge in [-0.05, 0) is 12.5 Å². The second kappa shape index (κ2) is 6.16. The Morgan fingerprint density at radius 2 is 2.18 bits per heavy atom. The lowest BCUT2D eigenvalue weighted by atomic mass is 10.3. The highest BCUT2D eigenvalue weighted by atomic mass is 35.5. The quantitative estimate of drug-likeness (QED) is 0.355. The highest BCUT2D eigenvalue weighted by Gasteiger charge is 2.23. The summed E-state index contributed by atoms with van der Waals surface area (Å²) in [5, 5.41) is 10.6. The molecular weight excluding hydrogens is 272 g/mol. The number of rotatable bonds is 5. The Bertz CT molecular complexity index is 431. The molecule has 0 radical (unpaired) electrons. The van der Waals surface area contributed by atoms with Gasteiger partial charge >= 0.3 is 5.69 Å². The molecular formula is C10H10ClF2NO2S. The van der Waals surface area contributed by atoms with E-state index in [1.807, 2.05) is 0 Å². The van der Waals surface area contributed by atoms with Crippen molar-refractivity contribution in [3.8, 4) is 0 Å². The number of hydrogen-bond donors (Lipinski definition) is 0. The zero-order valence-corrected chi connectivity index (χ0v) is 10.5. The third kappa shape index (κ3) is 3.81. The van der Waals surface area contributed by atoms with Crippen LogP contribution in [0, 0.1) is 21.7 Å². The molecule has 3 nitrogen and oxygen atoms in total. The van der Waals surface area contributed by atoms with Crippen molar-refractivity contribution in [3.05, 3.63) is 33.9 Å². The van der Waals surface area contributed by atoms with E-state index in [1.54, 1.807) is 6.92 Å². The lowest BCUT2D eigenvalue weighted by Crippen LogP contribution is -2.01. The van der Waals surface area contributed by atoms with E-state index in [-0.39, 0.29) is 10.1 Å². The highest BCUT2D eigenvalue weighted by molar-refractivity contribution is 8.00. The van der Waals surface area contributed by atoms with Gasteiger partial charge in [-0.3, -0.25) is 10.1 Å². The number of benzene rings is 1. The van der Waals surface area contributed by atoms with Crippen LogP contribution in [0.5, 0.6) is 0 Å². The van der Waals surface area contributed by atoms with Crippen LogP contribution in [0.15, 0.2) is 17.0 Å². The first-order chi connectivity index (χ1) is 7.95. The van der Waals surface area contributed by atoms with E-state index in [2.05, 4.69) is 0 Å². The van der Waals surface area contributed by atoms with Crippen molar-refractivity contribution in [3.63, 3.8) is 0 Å². The van der Waals surface area contributed by atoms with Crippen molar-refractivity contribution in [1.82, 2.24) is 0 Å². The van der Waals surface area contributed by atoms with E-state index in [4.69, 9.17) is 11.6 Å². The average molecular weight is 282 g/mol. The molecule has 0 saturated carbocycles. The normalized spacial score (nSPS) is 12.5. The van der Waals surface area contributed by atoms with Crippen LogP contribution < -0.4 is 0 Å². The summed E-state index contributed by atoms with van der Waals surface area (Å²) in [6, 6.07) is 1.48. The monoisotopic (exact) mass is 281 g/mol. The number of nitro benzene ring substituents is 1. The number of nitrogens with zero attached hydrogens (tertiary/aromatic N) is 1. The summed E-state index contributed by atoms with van der Waals surface area (Å²) in [5.74, 6) is -1.59. The van der Waals surface area contributed by atoms with Crippen LogP contribution in [-0.2, 0) is 0 Å². The Balaban J connectivity index is 3.08. The van der Waals surface area contributed by atoms with Gasteiger partial charge in [0.25, 0.3) is 0 Å². The first-order valence-corrected chi connectivity index (χ1v) is 6.23. The minimum Gasteiger partial charge on any atom is -0.258 e. The van der Waals surface area contributed by atoms with Crippen molar-refractivity contribution in [2.24, 2.45) is 0 Å². The molecule has 0 N–H and O–H groups in total. The fourth-order valence-electron chi connectivity index (χ4n) is 1.24. The van der Waals surface area contributed by atoms with Crippen molar-refractivity contribution in [1.29, 1.82) is 0 Å². The largest absolute Gasteiger partial charge is 0.318 e. The molecule has 0 heterocycles. The summed E-state index contributed by atoms with van der Waals surface area (Å²) in [7, 11) is 0. The third-order valence-electron chi connectivity index (χ3n) is 2.02. The molecule has 1 atom stereocenters. The molecule has 1 aromatic carbocycles. The first kappa shape index (κ1) is 14.2. The molecule has 0 aromatic heterocycles. The van der Waals surface area contributed by atoms with Gasteiger partial charge < -0.3 is 0 Å². The van der Waals surface area contributed by atoms with E-state index in [1.165, 1.54) is 0 Å². The smallest absolute Gasteiger partial charge is 0.258 e. The Labute approximate surface area is 106 Å². The summed E-state index contributed by atoms with van der Waals surface area (Å²) in [5.41, 5.74) is -0.683. The van der Waals surface area contributed by atoms with Gasteiger partial charge in [0.15, 0.2) is 0 Å². The molecule has 1 rings (SSSR count). The molecule has 1 aromatic rings. The van der Waals surface area contributed by atoms with Crippen molar-refractivity contribution in [2.75, 3.05) is 5.88 Å². The summed E-state index contributed by atoms with van der Waals surface area (Å²) >= 11 is 6.58. The molecule has 0 bridgehead atoms. The van der Waals surface area contributed by atoms with Crippen molar-refractivity contribution in [2.45, 2.75) is 23.5 Å². The zero-order valence-electron chi connectivity index (χ0n) is 8.95. The minimum atomic E-state index is -1.16. The fourth-order valence-corrected chi connectivity index (χ4v) is 2.83. The van der Waals surface area contributed by atoms with Crippen LogP contribution in [0.3, 0.4) is 0 Å². The maximum absolute atomic E-state index is 13.3. The summed E-state index contributed by atoms with van der Waals surface area (Å²) in [6.45, 7) is 1.79. The molecule has 0 fully saturated rings. The van der Waals surface area contributed by atoms with E-state index in [9.17, 15) is 18.9 Å². The average Bonchev–Trinajstić information content (AvgIpc) is 2.15. The van der Waals surface area contributed by atoms with Gasteiger partial charge in [0.05, 0.1) is 9.82 Å². The number of halogens is 3.